The van der Waals surface area contributed by atoms with Crippen LogP contribution < -0.4 is 0 Å². The molecular weight excluding hydrogens is 406 g/mol. The molecule has 10 heteroatoms. The lowest BCUT2D eigenvalue weighted by molar-refractivity contribution is -0.385. The van der Waals surface area contributed by atoms with Crippen LogP contribution in [0.1, 0.15) is 16.9 Å². The number of nitro benzene ring substituents is 2. The zero-order valence-electron chi connectivity index (χ0n) is 16.0. The van der Waals surface area contributed by atoms with Crippen molar-refractivity contribution in [3.05, 3.63) is 97.4 Å². The van der Waals surface area contributed by atoms with Crippen LogP contribution in [0.15, 0.2) is 69.7 Å². The maximum absolute atomic E-state index is 12.2. The number of esters is 1. The zero-order valence-corrected chi connectivity index (χ0v) is 16.0. The number of aliphatic imine (C=N–C) groups is 1. The summed E-state index contributed by atoms with van der Waals surface area (Å²) < 4.78 is 10.8. The molecular formula is C21H13N3O7. The molecule has 0 saturated carbocycles. The second-order valence-electron chi connectivity index (χ2n) is 6.60. The molecule has 0 bridgehead atoms. The number of rotatable bonds is 5. The first kappa shape index (κ1) is 19.7. The summed E-state index contributed by atoms with van der Waals surface area (Å²) in [5.74, 6) is -0.120. The predicted molar refractivity (Wildman–Crippen MR) is 109 cm³/mol. The van der Waals surface area contributed by atoms with E-state index in [2.05, 4.69) is 4.99 Å². The van der Waals surface area contributed by atoms with E-state index in [0.717, 1.165) is 0 Å². The third-order valence-corrected chi connectivity index (χ3v) is 4.52. The third-order valence-electron chi connectivity index (χ3n) is 4.52. The number of aryl methyl sites for hydroxylation is 1. The van der Waals surface area contributed by atoms with E-state index >= 15 is 0 Å². The zero-order chi connectivity index (χ0) is 22.1. The number of furan rings is 1. The smallest absolute Gasteiger partial charge is 0.363 e. The molecule has 0 N–H and O–H groups in total. The summed E-state index contributed by atoms with van der Waals surface area (Å²) in [4.78, 5) is 37.4. The minimum absolute atomic E-state index is 0.0434. The molecule has 0 unspecified atom stereocenters. The largest absolute Gasteiger partial charge is 0.457 e. The standard InChI is InChI=1S/C21H13N3O7/c1-12-5-6-14(10-18(12)24(28)29)20-22-17(21(25)31-20)11-16-7-8-19(30-16)13-3-2-4-15(9-13)23(26)27/h2-11H,1H3. The molecule has 1 aliphatic rings. The molecule has 4 rings (SSSR count). The van der Waals surface area contributed by atoms with Crippen molar-refractivity contribution in [1.82, 2.24) is 0 Å². The first-order chi connectivity index (χ1) is 14.8. The van der Waals surface area contributed by atoms with Crippen molar-refractivity contribution >= 4 is 29.3 Å². The molecule has 2 aromatic carbocycles. The van der Waals surface area contributed by atoms with Crippen LogP contribution in [0.4, 0.5) is 11.4 Å². The predicted octanol–water partition coefficient (Wildman–Crippen LogP) is 4.42. The molecule has 3 aromatic rings. The summed E-state index contributed by atoms with van der Waals surface area (Å²) >= 11 is 0. The summed E-state index contributed by atoms with van der Waals surface area (Å²) in [6, 6.07) is 13.5. The van der Waals surface area contributed by atoms with Gasteiger partial charge in [-0.1, -0.05) is 18.2 Å². The van der Waals surface area contributed by atoms with Gasteiger partial charge in [-0.05, 0) is 25.1 Å². The van der Waals surface area contributed by atoms with Gasteiger partial charge < -0.3 is 9.15 Å². The van der Waals surface area contributed by atoms with Gasteiger partial charge in [0.25, 0.3) is 11.4 Å². The Kier molecular flexibility index (Phi) is 4.88. The van der Waals surface area contributed by atoms with Crippen LogP contribution in [-0.2, 0) is 9.53 Å². The highest BCUT2D eigenvalue weighted by atomic mass is 16.6. The van der Waals surface area contributed by atoms with Gasteiger partial charge in [0.1, 0.15) is 11.5 Å². The van der Waals surface area contributed by atoms with Gasteiger partial charge in [-0.3, -0.25) is 20.2 Å². The van der Waals surface area contributed by atoms with E-state index in [9.17, 15) is 25.0 Å². The van der Waals surface area contributed by atoms with Crippen LogP contribution in [0.25, 0.3) is 17.4 Å². The molecule has 0 aliphatic carbocycles. The maximum atomic E-state index is 12.2. The molecule has 0 amide bonds. The number of nitro groups is 2. The minimum atomic E-state index is -0.730. The van der Waals surface area contributed by atoms with Gasteiger partial charge in [-0.25, -0.2) is 9.79 Å². The Balaban J connectivity index is 1.63. The summed E-state index contributed by atoms with van der Waals surface area (Å²) in [7, 11) is 0. The van der Waals surface area contributed by atoms with Crippen molar-refractivity contribution in [2.24, 2.45) is 4.99 Å². The highest BCUT2D eigenvalue weighted by Gasteiger charge is 2.26. The lowest BCUT2D eigenvalue weighted by Gasteiger charge is -2.01. The molecule has 31 heavy (non-hydrogen) atoms. The number of hydrogen-bond donors (Lipinski definition) is 0. The molecule has 0 fully saturated rings. The Bertz CT molecular complexity index is 1300. The fourth-order valence-electron chi connectivity index (χ4n) is 2.96. The van der Waals surface area contributed by atoms with E-state index in [1.54, 1.807) is 43.3 Å². The van der Waals surface area contributed by atoms with Crippen LogP contribution in [0.5, 0.6) is 0 Å². The summed E-state index contributed by atoms with van der Waals surface area (Å²) in [6.45, 7) is 1.60. The quantitative estimate of drug-likeness (QED) is 0.258. The first-order valence-corrected chi connectivity index (χ1v) is 8.94. The lowest BCUT2D eigenvalue weighted by atomic mass is 10.1. The first-order valence-electron chi connectivity index (χ1n) is 8.94. The van der Waals surface area contributed by atoms with Crippen LogP contribution >= 0.6 is 0 Å². The van der Waals surface area contributed by atoms with Crippen LogP contribution in [0, 0.1) is 27.2 Å². The average molecular weight is 419 g/mol. The minimum Gasteiger partial charge on any atom is -0.457 e. The van der Waals surface area contributed by atoms with Crippen LogP contribution in [-0.4, -0.2) is 21.7 Å². The fraction of sp³-hybridized carbons (Fsp3) is 0.0476. The number of nitrogens with zero attached hydrogens (tertiary/aromatic N) is 3. The molecule has 0 atom stereocenters. The van der Waals surface area contributed by atoms with Gasteiger partial charge in [-0.2, -0.15) is 0 Å². The Morgan fingerprint density at radius 2 is 1.77 bits per heavy atom. The lowest BCUT2D eigenvalue weighted by Crippen LogP contribution is -2.06. The summed E-state index contributed by atoms with van der Waals surface area (Å²) in [5.41, 5.74) is 1.04. The van der Waals surface area contributed by atoms with Crippen molar-refractivity contribution in [2.75, 3.05) is 0 Å². The number of ether oxygens (including phenoxy) is 1. The van der Waals surface area contributed by atoms with Crippen LogP contribution in [0.3, 0.4) is 0 Å². The van der Waals surface area contributed by atoms with E-state index in [4.69, 9.17) is 9.15 Å². The van der Waals surface area contributed by atoms with Gasteiger partial charge >= 0.3 is 5.97 Å². The number of non-ortho nitro benzene ring substituents is 1. The molecule has 1 aromatic heterocycles. The monoisotopic (exact) mass is 419 g/mol. The number of benzene rings is 2. The SMILES string of the molecule is Cc1ccc(C2=NC(=Cc3ccc(-c4cccc([N+](=O)[O-])c4)o3)C(=O)O2)cc1[N+](=O)[O-]. The van der Waals surface area contributed by atoms with Crippen molar-refractivity contribution in [3.8, 4) is 11.3 Å². The molecule has 0 spiro atoms. The van der Waals surface area contributed by atoms with E-state index < -0.39 is 15.8 Å². The number of carbonyl (C=O) groups is 1. The highest BCUT2D eigenvalue weighted by molar-refractivity contribution is 6.13. The van der Waals surface area contributed by atoms with E-state index in [0.29, 0.717) is 22.5 Å². The number of cyclic esters (lactones) is 1. The number of carbonyl (C=O) groups excluding carboxylic acids is 1. The van der Waals surface area contributed by atoms with Crippen molar-refractivity contribution < 1.29 is 23.8 Å². The Hall–Kier alpha value is -4.60. The van der Waals surface area contributed by atoms with Gasteiger partial charge in [0.2, 0.25) is 5.90 Å². The third kappa shape index (κ3) is 3.94. The second-order valence-corrected chi connectivity index (χ2v) is 6.60. The van der Waals surface area contributed by atoms with Gasteiger partial charge in [0.05, 0.1) is 9.85 Å². The Morgan fingerprint density at radius 1 is 0.968 bits per heavy atom. The summed E-state index contributed by atoms with van der Waals surface area (Å²) in [5, 5.41) is 22.1. The Labute approximate surface area is 174 Å². The highest BCUT2D eigenvalue weighted by Crippen LogP contribution is 2.28. The molecule has 2 heterocycles. The Morgan fingerprint density at radius 3 is 2.52 bits per heavy atom. The van der Waals surface area contributed by atoms with Crippen molar-refractivity contribution in [1.29, 1.82) is 0 Å². The molecule has 10 nitrogen and oxygen atoms in total. The van der Waals surface area contributed by atoms with E-state index in [1.807, 2.05) is 0 Å². The molecule has 0 radical (unpaired) electrons. The fourth-order valence-corrected chi connectivity index (χ4v) is 2.96. The maximum Gasteiger partial charge on any atom is 0.363 e. The van der Waals surface area contributed by atoms with Crippen LogP contribution in [0.2, 0.25) is 0 Å². The second kappa shape index (κ2) is 7.67. The molecule has 1 aliphatic heterocycles. The topological polar surface area (TPSA) is 138 Å². The molecule has 0 saturated heterocycles. The van der Waals surface area contributed by atoms with Crippen molar-refractivity contribution in [2.45, 2.75) is 6.92 Å². The van der Waals surface area contributed by atoms with E-state index in [1.165, 1.54) is 24.3 Å². The average Bonchev–Trinajstić information content (AvgIpc) is 3.35. The van der Waals surface area contributed by atoms with Gasteiger partial charge in [0, 0.05) is 41.0 Å². The summed E-state index contributed by atoms with van der Waals surface area (Å²) in [6.07, 6.45) is 1.36. The van der Waals surface area contributed by atoms with Gasteiger partial charge in [0.15, 0.2) is 5.70 Å². The molecule has 154 valence electrons. The normalized spacial score (nSPS) is 14.4. The van der Waals surface area contributed by atoms with E-state index in [-0.39, 0.29) is 28.7 Å². The van der Waals surface area contributed by atoms with Gasteiger partial charge in [-0.15, -0.1) is 0 Å². The number of hydrogen-bond acceptors (Lipinski definition) is 8. The van der Waals surface area contributed by atoms with Crippen molar-refractivity contribution in [3.63, 3.8) is 0 Å².